The van der Waals surface area contributed by atoms with E-state index in [1.165, 1.54) is 25.1 Å². The Morgan fingerprint density at radius 2 is 2.05 bits per heavy atom. The van der Waals surface area contributed by atoms with Crippen molar-refractivity contribution >= 4 is 17.6 Å². The summed E-state index contributed by atoms with van der Waals surface area (Å²) in [6.45, 7) is 7.02. The van der Waals surface area contributed by atoms with E-state index in [4.69, 9.17) is 14.7 Å². The molecule has 6 heteroatoms. The number of anilines is 1. The molecule has 0 atom stereocenters. The number of carbonyl (C=O) groups excluding carboxylic acids is 2. The van der Waals surface area contributed by atoms with Gasteiger partial charge >= 0.3 is 5.97 Å². The number of nitrogens with zero attached hydrogens (tertiary/aromatic N) is 1. The third-order valence-corrected chi connectivity index (χ3v) is 2.84. The van der Waals surface area contributed by atoms with Crippen LogP contribution in [0.3, 0.4) is 0 Å². The SMILES string of the molecule is CCCOC(C)(C)C(=O)Nc1ccc(OC(C)=O)cc1C#N. The molecule has 0 heterocycles. The Labute approximate surface area is 130 Å². The molecule has 0 radical (unpaired) electrons. The smallest absolute Gasteiger partial charge is 0.308 e. The summed E-state index contributed by atoms with van der Waals surface area (Å²) in [5, 5.41) is 11.8. The van der Waals surface area contributed by atoms with Gasteiger partial charge in [-0.2, -0.15) is 5.26 Å². The molecule has 118 valence electrons. The topological polar surface area (TPSA) is 88.4 Å². The minimum Gasteiger partial charge on any atom is -0.427 e. The Kier molecular flexibility index (Phi) is 6.08. The first kappa shape index (κ1) is 17.7. The molecule has 0 aliphatic rings. The van der Waals surface area contributed by atoms with Crippen LogP contribution in [0.1, 0.15) is 39.7 Å². The van der Waals surface area contributed by atoms with Crippen molar-refractivity contribution in [2.45, 2.75) is 39.7 Å². The first-order chi connectivity index (χ1) is 10.3. The van der Waals surface area contributed by atoms with E-state index >= 15 is 0 Å². The number of hydrogen-bond donors (Lipinski definition) is 1. The summed E-state index contributed by atoms with van der Waals surface area (Å²) in [7, 11) is 0. The maximum absolute atomic E-state index is 12.2. The zero-order chi connectivity index (χ0) is 16.8. The van der Waals surface area contributed by atoms with Crippen LogP contribution in [0.2, 0.25) is 0 Å². The molecule has 1 aromatic carbocycles. The molecule has 0 saturated heterocycles. The summed E-state index contributed by atoms with van der Waals surface area (Å²) < 4.78 is 10.4. The summed E-state index contributed by atoms with van der Waals surface area (Å²) in [4.78, 5) is 23.2. The Hall–Kier alpha value is -2.39. The Balaban J connectivity index is 2.91. The van der Waals surface area contributed by atoms with E-state index in [-0.39, 0.29) is 17.2 Å². The second kappa shape index (κ2) is 7.57. The molecule has 22 heavy (non-hydrogen) atoms. The van der Waals surface area contributed by atoms with Crippen molar-refractivity contribution in [3.05, 3.63) is 23.8 Å². The van der Waals surface area contributed by atoms with E-state index in [2.05, 4.69) is 5.32 Å². The number of hydrogen-bond acceptors (Lipinski definition) is 5. The maximum atomic E-state index is 12.2. The zero-order valence-electron chi connectivity index (χ0n) is 13.2. The van der Waals surface area contributed by atoms with E-state index in [1.54, 1.807) is 13.8 Å². The van der Waals surface area contributed by atoms with Crippen LogP contribution in [0.5, 0.6) is 5.75 Å². The van der Waals surface area contributed by atoms with Gasteiger partial charge in [-0.1, -0.05) is 6.92 Å². The lowest BCUT2D eigenvalue weighted by atomic mass is 10.1. The zero-order valence-corrected chi connectivity index (χ0v) is 13.2. The van der Waals surface area contributed by atoms with Gasteiger partial charge < -0.3 is 14.8 Å². The molecule has 1 amide bonds. The fourth-order valence-electron chi connectivity index (χ4n) is 1.65. The number of rotatable bonds is 6. The molecule has 6 nitrogen and oxygen atoms in total. The van der Waals surface area contributed by atoms with Crippen LogP contribution in [0.25, 0.3) is 0 Å². The highest BCUT2D eigenvalue weighted by atomic mass is 16.5. The van der Waals surface area contributed by atoms with Crippen LogP contribution in [0.15, 0.2) is 18.2 Å². The standard InChI is InChI=1S/C16H20N2O4/c1-5-8-21-16(3,4)15(20)18-14-7-6-13(22-11(2)19)9-12(14)10-17/h6-7,9H,5,8H2,1-4H3,(H,18,20). The van der Waals surface area contributed by atoms with Gasteiger partial charge in [-0.25, -0.2) is 0 Å². The summed E-state index contributed by atoms with van der Waals surface area (Å²) in [5.74, 6) is -0.573. The van der Waals surface area contributed by atoms with Gasteiger partial charge in [0.1, 0.15) is 17.4 Å². The second-order valence-electron chi connectivity index (χ2n) is 5.23. The van der Waals surface area contributed by atoms with E-state index in [0.717, 1.165) is 6.42 Å². The van der Waals surface area contributed by atoms with Crippen molar-refractivity contribution < 1.29 is 19.1 Å². The molecule has 1 N–H and O–H groups in total. The number of amides is 1. The second-order valence-corrected chi connectivity index (χ2v) is 5.23. The van der Waals surface area contributed by atoms with Crippen LogP contribution < -0.4 is 10.1 Å². The van der Waals surface area contributed by atoms with Gasteiger partial charge in [0.05, 0.1) is 11.3 Å². The molecule has 0 aliphatic heterocycles. The molecule has 0 spiro atoms. The van der Waals surface area contributed by atoms with Gasteiger partial charge in [0.2, 0.25) is 0 Å². The predicted octanol–water partition coefficient (Wildman–Crippen LogP) is 2.63. The van der Waals surface area contributed by atoms with Gasteiger partial charge in [0, 0.05) is 19.6 Å². The van der Waals surface area contributed by atoms with Crippen molar-refractivity contribution in [3.63, 3.8) is 0 Å². The van der Waals surface area contributed by atoms with Crippen molar-refractivity contribution in [2.75, 3.05) is 11.9 Å². The molecule has 0 saturated carbocycles. The summed E-state index contributed by atoms with van der Waals surface area (Å²) in [6.07, 6.45) is 0.803. The molecule has 0 aliphatic carbocycles. The van der Waals surface area contributed by atoms with Crippen molar-refractivity contribution in [1.82, 2.24) is 0 Å². The highest BCUT2D eigenvalue weighted by Gasteiger charge is 2.28. The fourth-order valence-corrected chi connectivity index (χ4v) is 1.65. The molecule has 1 rings (SSSR count). The summed E-state index contributed by atoms with van der Waals surface area (Å²) in [6, 6.07) is 6.39. The van der Waals surface area contributed by atoms with Gasteiger partial charge in [-0.15, -0.1) is 0 Å². The third-order valence-electron chi connectivity index (χ3n) is 2.84. The largest absolute Gasteiger partial charge is 0.427 e. The Morgan fingerprint density at radius 3 is 2.59 bits per heavy atom. The van der Waals surface area contributed by atoms with E-state index in [1.807, 2.05) is 13.0 Å². The molecule has 0 fully saturated rings. The average molecular weight is 304 g/mol. The Bertz CT molecular complexity index is 603. The monoisotopic (exact) mass is 304 g/mol. The number of esters is 1. The number of nitrogens with one attached hydrogen (secondary N) is 1. The predicted molar refractivity (Wildman–Crippen MR) is 81.4 cm³/mol. The lowest BCUT2D eigenvalue weighted by Crippen LogP contribution is -2.40. The van der Waals surface area contributed by atoms with E-state index in [9.17, 15) is 9.59 Å². The first-order valence-corrected chi connectivity index (χ1v) is 6.98. The summed E-state index contributed by atoms with van der Waals surface area (Å²) >= 11 is 0. The third kappa shape index (κ3) is 4.86. The lowest BCUT2D eigenvalue weighted by molar-refractivity contribution is -0.137. The van der Waals surface area contributed by atoms with Crippen LogP contribution in [-0.2, 0) is 14.3 Å². The van der Waals surface area contributed by atoms with Crippen LogP contribution >= 0.6 is 0 Å². The van der Waals surface area contributed by atoms with Crippen LogP contribution in [0.4, 0.5) is 5.69 Å². The average Bonchev–Trinajstić information content (AvgIpc) is 2.46. The van der Waals surface area contributed by atoms with Crippen molar-refractivity contribution in [2.24, 2.45) is 0 Å². The number of carbonyl (C=O) groups is 2. The number of benzene rings is 1. The molecule has 0 aromatic heterocycles. The highest BCUT2D eigenvalue weighted by molar-refractivity contribution is 5.97. The highest BCUT2D eigenvalue weighted by Crippen LogP contribution is 2.23. The Morgan fingerprint density at radius 1 is 1.36 bits per heavy atom. The quantitative estimate of drug-likeness (QED) is 0.644. The maximum Gasteiger partial charge on any atom is 0.308 e. The van der Waals surface area contributed by atoms with Crippen molar-refractivity contribution in [1.29, 1.82) is 5.26 Å². The number of nitriles is 1. The summed E-state index contributed by atoms with van der Waals surface area (Å²) in [5.41, 5.74) is -0.452. The minimum atomic E-state index is -1.00. The first-order valence-electron chi connectivity index (χ1n) is 6.98. The minimum absolute atomic E-state index is 0.207. The van der Waals surface area contributed by atoms with Gasteiger partial charge in [0.25, 0.3) is 5.91 Å². The number of ether oxygens (including phenoxy) is 2. The van der Waals surface area contributed by atoms with Crippen LogP contribution in [0, 0.1) is 11.3 Å². The molecule has 1 aromatic rings. The van der Waals surface area contributed by atoms with Gasteiger partial charge in [0.15, 0.2) is 0 Å². The van der Waals surface area contributed by atoms with Gasteiger partial charge in [-0.05, 0) is 32.4 Å². The van der Waals surface area contributed by atoms with Gasteiger partial charge in [-0.3, -0.25) is 9.59 Å². The molecule has 0 bridgehead atoms. The normalized spacial score (nSPS) is 10.7. The van der Waals surface area contributed by atoms with Crippen LogP contribution in [-0.4, -0.2) is 24.1 Å². The van der Waals surface area contributed by atoms with E-state index < -0.39 is 11.6 Å². The fraction of sp³-hybridized carbons (Fsp3) is 0.438. The molecular weight excluding hydrogens is 284 g/mol. The van der Waals surface area contributed by atoms with E-state index in [0.29, 0.717) is 12.3 Å². The van der Waals surface area contributed by atoms with Crippen molar-refractivity contribution in [3.8, 4) is 11.8 Å². The lowest BCUT2D eigenvalue weighted by Gasteiger charge is -2.24. The molecular formula is C16H20N2O4. The molecule has 0 unspecified atom stereocenters.